The lowest BCUT2D eigenvalue weighted by Gasteiger charge is -2.13. The Kier molecular flexibility index (Phi) is 3.39. The van der Waals surface area contributed by atoms with E-state index < -0.39 is 9.84 Å². The molecule has 0 radical (unpaired) electrons. The van der Waals surface area contributed by atoms with E-state index in [1.165, 1.54) is 0 Å². The molecule has 2 aromatic rings. The van der Waals surface area contributed by atoms with E-state index in [0.717, 1.165) is 17.5 Å². The Morgan fingerprint density at radius 3 is 2.89 bits per heavy atom. The van der Waals surface area contributed by atoms with Gasteiger partial charge < -0.3 is 4.42 Å². The average Bonchev–Trinajstić information content (AvgIpc) is 2.91. The number of hydrogen-bond acceptors (Lipinski definition) is 4. The van der Waals surface area contributed by atoms with Crippen molar-refractivity contribution in [1.29, 1.82) is 0 Å². The van der Waals surface area contributed by atoms with Crippen LogP contribution in [0.3, 0.4) is 0 Å². The third-order valence-electron chi connectivity index (χ3n) is 3.49. The zero-order valence-electron chi connectivity index (χ0n) is 10.3. The van der Waals surface area contributed by atoms with Crippen LogP contribution in [-0.4, -0.2) is 29.7 Å². The Morgan fingerprint density at radius 1 is 1.42 bits per heavy atom. The van der Waals surface area contributed by atoms with E-state index in [0.29, 0.717) is 18.1 Å². The summed E-state index contributed by atoms with van der Waals surface area (Å²) in [7, 11) is -2.84. The molecule has 0 amide bonds. The molecule has 1 aliphatic heterocycles. The Hall–Kier alpha value is -0.880. The number of halogens is 1. The van der Waals surface area contributed by atoms with Gasteiger partial charge in [-0.2, -0.15) is 0 Å². The maximum Gasteiger partial charge on any atom is 0.196 e. The van der Waals surface area contributed by atoms with Crippen LogP contribution in [-0.2, 0) is 16.3 Å². The van der Waals surface area contributed by atoms with Crippen molar-refractivity contribution in [2.24, 2.45) is 5.92 Å². The van der Waals surface area contributed by atoms with Gasteiger partial charge in [0.2, 0.25) is 0 Å². The minimum absolute atomic E-state index is 0.0952. The number of fused-ring (bicyclic) bond motifs is 1. The SMILES string of the molecule is O=S1(=O)CCC(C(Br)Cc2nc3ccccc3o2)C1. The minimum Gasteiger partial charge on any atom is -0.441 e. The number of benzene rings is 1. The Bertz CT molecular complexity index is 662. The summed E-state index contributed by atoms with van der Waals surface area (Å²) in [6.45, 7) is 0. The Morgan fingerprint density at radius 2 is 2.21 bits per heavy atom. The van der Waals surface area contributed by atoms with Gasteiger partial charge in [0.1, 0.15) is 5.52 Å². The zero-order chi connectivity index (χ0) is 13.5. The van der Waals surface area contributed by atoms with E-state index in [1.807, 2.05) is 24.3 Å². The van der Waals surface area contributed by atoms with Gasteiger partial charge in [0, 0.05) is 11.2 Å². The second-order valence-corrected chi connectivity index (χ2v) is 8.36. The van der Waals surface area contributed by atoms with E-state index in [-0.39, 0.29) is 16.5 Å². The van der Waals surface area contributed by atoms with Crippen molar-refractivity contribution in [2.45, 2.75) is 17.7 Å². The van der Waals surface area contributed by atoms with Crippen molar-refractivity contribution in [2.75, 3.05) is 11.5 Å². The lowest BCUT2D eigenvalue weighted by atomic mass is 10.0. The van der Waals surface area contributed by atoms with Gasteiger partial charge in [0.15, 0.2) is 21.3 Å². The predicted octanol–water partition coefficient (Wildman–Crippen LogP) is 2.57. The van der Waals surface area contributed by atoms with Crippen LogP contribution in [0.25, 0.3) is 11.1 Å². The van der Waals surface area contributed by atoms with Crippen LogP contribution in [0.4, 0.5) is 0 Å². The highest BCUT2D eigenvalue weighted by molar-refractivity contribution is 9.09. The van der Waals surface area contributed by atoms with Crippen molar-refractivity contribution in [3.05, 3.63) is 30.2 Å². The van der Waals surface area contributed by atoms with Crippen LogP contribution in [0.5, 0.6) is 0 Å². The topological polar surface area (TPSA) is 60.2 Å². The first-order valence-corrected chi connectivity index (χ1v) is 8.96. The van der Waals surface area contributed by atoms with Gasteiger partial charge in [-0.15, -0.1) is 0 Å². The fourth-order valence-corrected chi connectivity index (χ4v) is 5.31. The first kappa shape index (κ1) is 13.1. The van der Waals surface area contributed by atoms with Crippen LogP contribution in [0.1, 0.15) is 12.3 Å². The molecule has 6 heteroatoms. The van der Waals surface area contributed by atoms with Gasteiger partial charge in [-0.25, -0.2) is 13.4 Å². The summed E-state index contributed by atoms with van der Waals surface area (Å²) < 4.78 is 28.6. The zero-order valence-corrected chi connectivity index (χ0v) is 12.7. The molecule has 1 saturated heterocycles. The van der Waals surface area contributed by atoms with E-state index >= 15 is 0 Å². The van der Waals surface area contributed by atoms with E-state index in [4.69, 9.17) is 4.42 Å². The van der Waals surface area contributed by atoms with Crippen molar-refractivity contribution < 1.29 is 12.8 Å². The van der Waals surface area contributed by atoms with Crippen LogP contribution >= 0.6 is 15.9 Å². The number of para-hydroxylation sites is 2. The summed E-state index contributed by atoms with van der Waals surface area (Å²) in [4.78, 5) is 4.51. The molecule has 1 aromatic heterocycles. The first-order valence-electron chi connectivity index (χ1n) is 6.22. The molecule has 19 heavy (non-hydrogen) atoms. The molecule has 0 aliphatic carbocycles. The largest absolute Gasteiger partial charge is 0.441 e. The highest BCUT2D eigenvalue weighted by Gasteiger charge is 2.33. The summed E-state index contributed by atoms with van der Waals surface area (Å²) in [5.74, 6) is 1.38. The van der Waals surface area contributed by atoms with Crippen molar-refractivity contribution in [3.8, 4) is 0 Å². The molecule has 1 aliphatic rings. The third-order valence-corrected chi connectivity index (χ3v) is 6.35. The molecular weight excluding hydrogens is 330 g/mol. The fraction of sp³-hybridized carbons (Fsp3) is 0.462. The molecule has 0 saturated carbocycles. The Balaban J connectivity index is 1.74. The molecule has 2 heterocycles. The molecule has 4 nitrogen and oxygen atoms in total. The van der Waals surface area contributed by atoms with Crippen LogP contribution < -0.4 is 0 Å². The van der Waals surface area contributed by atoms with Crippen molar-refractivity contribution >= 4 is 36.9 Å². The number of aromatic nitrogens is 1. The molecule has 0 N–H and O–H groups in total. The summed E-state index contributed by atoms with van der Waals surface area (Å²) in [5, 5.41) is 0. The lowest BCUT2D eigenvalue weighted by molar-refractivity contribution is 0.484. The first-order chi connectivity index (χ1) is 9.03. The molecule has 1 aromatic carbocycles. The van der Waals surface area contributed by atoms with Gasteiger partial charge in [-0.3, -0.25) is 0 Å². The number of oxazole rings is 1. The van der Waals surface area contributed by atoms with Crippen molar-refractivity contribution in [3.63, 3.8) is 0 Å². The van der Waals surface area contributed by atoms with Crippen LogP contribution in [0, 0.1) is 5.92 Å². The number of rotatable bonds is 3. The van der Waals surface area contributed by atoms with Gasteiger partial charge >= 0.3 is 0 Å². The summed E-state index contributed by atoms with van der Waals surface area (Å²) in [5.41, 5.74) is 1.62. The van der Waals surface area contributed by atoms with E-state index in [2.05, 4.69) is 20.9 Å². The maximum absolute atomic E-state index is 11.5. The molecule has 1 fully saturated rings. The summed E-state index contributed by atoms with van der Waals surface area (Å²) >= 11 is 3.59. The highest BCUT2D eigenvalue weighted by atomic mass is 79.9. The standard InChI is InChI=1S/C13H14BrNO3S/c14-10(9-5-6-19(16,17)8-9)7-13-15-11-3-1-2-4-12(11)18-13/h1-4,9-10H,5-8H2. The smallest absolute Gasteiger partial charge is 0.196 e. The summed E-state index contributed by atoms with van der Waals surface area (Å²) in [6, 6.07) is 7.62. The monoisotopic (exact) mass is 343 g/mol. The van der Waals surface area contributed by atoms with Gasteiger partial charge in [0.25, 0.3) is 0 Å². The summed E-state index contributed by atoms with van der Waals surface area (Å²) in [6.07, 6.45) is 1.34. The Labute approximate surface area is 120 Å². The quantitative estimate of drug-likeness (QED) is 0.803. The van der Waals surface area contributed by atoms with Crippen LogP contribution in [0.15, 0.2) is 28.7 Å². The highest BCUT2D eigenvalue weighted by Crippen LogP contribution is 2.29. The molecule has 0 spiro atoms. The lowest BCUT2D eigenvalue weighted by Crippen LogP contribution is -2.18. The second-order valence-electron chi connectivity index (χ2n) is 4.96. The molecule has 3 rings (SSSR count). The third kappa shape index (κ3) is 2.84. The molecule has 2 atom stereocenters. The average molecular weight is 344 g/mol. The molecule has 102 valence electrons. The number of sulfone groups is 1. The van der Waals surface area contributed by atoms with Crippen LogP contribution in [0.2, 0.25) is 0 Å². The van der Waals surface area contributed by atoms with E-state index in [9.17, 15) is 8.42 Å². The normalized spacial score (nSPS) is 23.7. The fourth-order valence-electron chi connectivity index (χ4n) is 2.45. The van der Waals surface area contributed by atoms with Gasteiger partial charge in [0.05, 0.1) is 11.5 Å². The number of nitrogens with zero attached hydrogens (tertiary/aromatic N) is 1. The minimum atomic E-state index is -2.84. The maximum atomic E-state index is 11.5. The number of alkyl halides is 1. The number of hydrogen-bond donors (Lipinski definition) is 0. The van der Waals surface area contributed by atoms with Gasteiger partial charge in [-0.1, -0.05) is 28.1 Å². The molecule has 0 bridgehead atoms. The molecular formula is C13H14BrNO3S. The second kappa shape index (κ2) is 4.90. The van der Waals surface area contributed by atoms with Crippen molar-refractivity contribution in [1.82, 2.24) is 4.98 Å². The van der Waals surface area contributed by atoms with Gasteiger partial charge in [-0.05, 0) is 24.5 Å². The van der Waals surface area contributed by atoms with E-state index in [1.54, 1.807) is 0 Å². The molecule has 2 unspecified atom stereocenters. The predicted molar refractivity (Wildman–Crippen MR) is 77.2 cm³/mol.